The van der Waals surface area contributed by atoms with Crippen LogP contribution in [0.2, 0.25) is 5.02 Å². The highest BCUT2D eigenvalue weighted by Crippen LogP contribution is 2.22. The normalized spacial score (nSPS) is 10.7. The minimum atomic E-state index is -2.60. The van der Waals surface area contributed by atoms with Crippen LogP contribution in [0.25, 0.3) is 11.5 Å². The lowest BCUT2D eigenvalue weighted by Gasteiger charge is -2.10. The largest absolute Gasteiger partial charge is 0.324 e. The van der Waals surface area contributed by atoms with Crippen molar-refractivity contribution in [3.8, 4) is 11.5 Å². The number of anilines is 3. The van der Waals surface area contributed by atoms with Crippen LogP contribution in [0.15, 0.2) is 72.9 Å². The molecule has 0 radical (unpaired) electrons. The van der Waals surface area contributed by atoms with E-state index >= 15 is 0 Å². The van der Waals surface area contributed by atoms with E-state index in [9.17, 15) is 13.2 Å². The molecule has 2 N–H and O–H groups in total. The molecular formula is C22H17ClN6O3S. The molecule has 2 aromatic heterocycles. The van der Waals surface area contributed by atoms with Gasteiger partial charge in [0.15, 0.2) is 5.82 Å². The number of hydrogen-bond donors (Lipinski definition) is 3. The van der Waals surface area contributed by atoms with Crippen LogP contribution in [0, 0.1) is 0 Å². The lowest BCUT2D eigenvalue weighted by Crippen LogP contribution is -2.16. The van der Waals surface area contributed by atoms with E-state index in [1.807, 2.05) is 30.3 Å². The van der Waals surface area contributed by atoms with Gasteiger partial charge in [-0.25, -0.2) is 8.42 Å². The molecule has 1 amide bonds. The Bertz CT molecular complexity index is 1360. The fraction of sp³-hybridized carbons (Fsp3) is 0.0455. The number of thiol groups is 1. The summed E-state index contributed by atoms with van der Waals surface area (Å²) in [5.74, 6) is -0.238. The zero-order valence-corrected chi connectivity index (χ0v) is 18.6. The Morgan fingerprint density at radius 3 is 2.36 bits per heavy atom. The van der Waals surface area contributed by atoms with Crippen LogP contribution in [0.1, 0.15) is 15.9 Å². The summed E-state index contributed by atoms with van der Waals surface area (Å²) >= 11 is 6.21. The number of benzene rings is 2. The van der Waals surface area contributed by atoms with Crippen molar-refractivity contribution in [2.24, 2.45) is 0 Å². The number of pyridine rings is 1. The molecular weight excluding hydrogens is 464 g/mol. The summed E-state index contributed by atoms with van der Waals surface area (Å²) in [6, 6.07) is 19.0. The van der Waals surface area contributed by atoms with Gasteiger partial charge in [-0.3, -0.25) is 15.1 Å². The summed E-state index contributed by atoms with van der Waals surface area (Å²) in [4.78, 5) is 30.1. The quantitative estimate of drug-likeness (QED) is 0.342. The summed E-state index contributed by atoms with van der Waals surface area (Å²) in [7, 11) is -2.60. The topological polar surface area (TPSA) is 127 Å². The third-order valence-electron chi connectivity index (χ3n) is 4.37. The summed E-state index contributed by atoms with van der Waals surface area (Å²) in [5, 5.41) is 5.82. The summed E-state index contributed by atoms with van der Waals surface area (Å²) in [5.41, 5.74) is 1.89. The van der Waals surface area contributed by atoms with Gasteiger partial charge in [-0.15, -0.1) is 0 Å². The molecule has 0 spiro atoms. The summed E-state index contributed by atoms with van der Waals surface area (Å²) in [6.45, 7) is 0. The van der Waals surface area contributed by atoms with Crippen molar-refractivity contribution in [2.45, 2.75) is 5.75 Å². The average molecular weight is 481 g/mol. The van der Waals surface area contributed by atoms with Gasteiger partial charge in [-0.2, -0.15) is 15.0 Å². The van der Waals surface area contributed by atoms with Crippen LogP contribution in [0.4, 0.5) is 17.6 Å². The number of aromatic nitrogens is 4. The molecule has 0 saturated heterocycles. The number of halogens is 1. The number of carbonyl (C=O) groups excluding carboxylic acids is 1. The first kappa shape index (κ1) is 22.3. The Kier molecular flexibility index (Phi) is 6.86. The number of hydrogen-bond acceptors (Lipinski definition) is 8. The number of para-hydroxylation sites is 1. The molecule has 0 unspecified atom stereocenters. The Balaban J connectivity index is 1.65. The first-order valence-corrected chi connectivity index (χ1v) is 11.4. The van der Waals surface area contributed by atoms with Crippen molar-refractivity contribution in [3.63, 3.8) is 0 Å². The molecule has 0 atom stereocenters. The van der Waals surface area contributed by atoms with Crippen LogP contribution in [0.5, 0.6) is 0 Å². The highest BCUT2D eigenvalue weighted by molar-refractivity contribution is 7.71. The second-order valence-electron chi connectivity index (χ2n) is 6.77. The molecule has 11 heteroatoms. The van der Waals surface area contributed by atoms with Gasteiger partial charge in [0.1, 0.15) is 16.4 Å². The van der Waals surface area contributed by atoms with E-state index < -0.39 is 16.6 Å². The van der Waals surface area contributed by atoms with E-state index in [4.69, 9.17) is 11.6 Å². The molecule has 9 nitrogen and oxygen atoms in total. The average Bonchev–Trinajstić information content (AvgIpc) is 2.80. The third-order valence-corrected chi connectivity index (χ3v) is 5.31. The molecule has 0 aliphatic carbocycles. The lowest BCUT2D eigenvalue weighted by molar-refractivity contribution is 0.102. The van der Waals surface area contributed by atoms with Crippen LogP contribution in [-0.2, 0) is 16.5 Å². The SMILES string of the molecule is O=C(Nc1nc(Nc2ccccc2)nc(-c2ccccn2)n1)c1ccc(C[SH](=O)=O)cc1Cl. The Morgan fingerprint density at radius 1 is 0.909 bits per heavy atom. The Labute approximate surface area is 195 Å². The molecule has 4 aromatic rings. The van der Waals surface area contributed by atoms with Gasteiger partial charge >= 0.3 is 0 Å². The first-order valence-electron chi connectivity index (χ1n) is 9.69. The highest BCUT2D eigenvalue weighted by Gasteiger charge is 2.16. The third kappa shape index (κ3) is 5.88. The van der Waals surface area contributed by atoms with E-state index in [0.29, 0.717) is 11.3 Å². The summed E-state index contributed by atoms with van der Waals surface area (Å²) in [6.07, 6.45) is 1.61. The van der Waals surface area contributed by atoms with E-state index in [1.165, 1.54) is 18.2 Å². The second-order valence-corrected chi connectivity index (χ2v) is 8.16. The Morgan fingerprint density at radius 2 is 1.67 bits per heavy atom. The zero-order valence-electron chi connectivity index (χ0n) is 17.0. The maximum Gasteiger partial charge on any atom is 0.259 e. The first-order chi connectivity index (χ1) is 16.0. The van der Waals surface area contributed by atoms with Gasteiger partial charge in [0.05, 0.1) is 16.3 Å². The van der Waals surface area contributed by atoms with Crippen LogP contribution in [-0.4, -0.2) is 34.3 Å². The molecule has 2 heterocycles. The molecule has 166 valence electrons. The maximum absolute atomic E-state index is 12.8. The van der Waals surface area contributed by atoms with Gasteiger partial charge in [-0.05, 0) is 42.0 Å². The number of carbonyl (C=O) groups is 1. The fourth-order valence-corrected chi connectivity index (χ4v) is 3.69. The minimum Gasteiger partial charge on any atom is -0.324 e. The van der Waals surface area contributed by atoms with Crippen LogP contribution in [0.3, 0.4) is 0 Å². The van der Waals surface area contributed by atoms with E-state index in [1.54, 1.807) is 24.4 Å². The van der Waals surface area contributed by atoms with E-state index in [-0.39, 0.29) is 34.1 Å². The second kappa shape index (κ2) is 10.2. The predicted molar refractivity (Wildman–Crippen MR) is 126 cm³/mol. The standard InChI is InChI=1S/C22H17ClN6O3S/c23-17-12-14(13-33(31)32)9-10-16(17)20(30)28-22-27-19(18-8-4-5-11-24-18)26-21(29-22)25-15-6-2-1-3-7-15/h1-12,33H,13H2,(H2,25,26,27,28,29,30). The van der Waals surface area contributed by atoms with Crippen molar-refractivity contribution in [1.82, 2.24) is 19.9 Å². The molecule has 0 fully saturated rings. The number of nitrogens with one attached hydrogen (secondary N) is 2. The monoisotopic (exact) mass is 480 g/mol. The van der Waals surface area contributed by atoms with Gasteiger partial charge in [0.2, 0.25) is 11.9 Å². The number of rotatable bonds is 7. The van der Waals surface area contributed by atoms with Crippen LogP contribution < -0.4 is 10.6 Å². The molecule has 2 aromatic carbocycles. The van der Waals surface area contributed by atoms with Crippen molar-refractivity contribution < 1.29 is 13.2 Å². The molecule has 4 rings (SSSR count). The Hall–Kier alpha value is -3.89. The van der Waals surface area contributed by atoms with Gasteiger partial charge < -0.3 is 5.32 Å². The lowest BCUT2D eigenvalue weighted by atomic mass is 10.1. The predicted octanol–water partition coefficient (Wildman–Crippen LogP) is 3.69. The zero-order chi connectivity index (χ0) is 23.2. The van der Waals surface area contributed by atoms with Crippen molar-refractivity contribution in [2.75, 3.05) is 10.6 Å². The molecule has 0 saturated carbocycles. The smallest absolute Gasteiger partial charge is 0.259 e. The fourth-order valence-electron chi connectivity index (χ4n) is 2.91. The maximum atomic E-state index is 12.8. The van der Waals surface area contributed by atoms with Crippen LogP contribution >= 0.6 is 11.6 Å². The summed E-state index contributed by atoms with van der Waals surface area (Å²) < 4.78 is 21.9. The van der Waals surface area contributed by atoms with Crippen molar-refractivity contribution >= 4 is 45.8 Å². The number of amides is 1. The highest BCUT2D eigenvalue weighted by atomic mass is 35.5. The molecule has 0 bridgehead atoms. The minimum absolute atomic E-state index is 0.00290. The van der Waals surface area contributed by atoms with Crippen molar-refractivity contribution in [3.05, 3.63) is 89.1 Å². The van der Waals surface area contributed by atoms with Gasteiger partial charge in [-0.1, -0.05) is 41.9 Å². The molecule has 0 aliphatic heterocycles. The molecule has 33 heavy (non-hydrogen) atoms. The molecule has 0 aliphatic rings. The van der Waals surface area contributed by atoms with Crippen molar-refractivity contribution in [1.29, 1.82) is 0 Å². The van der Waals surface area contributed by atoms with E-state index in [2.05, 4.69) is 30.6 Å². The van der Waals surface area contributed by atoms with Gasteiger partial charge in [0, 0.05) is 11.9 Å². The number of nitrogens with zero attached hydrogens (tertiary/aromatic N) is 4. The van der Waals surface area contributed by atoms with E-state index in [0.717, 1.165) is 5.69 Å². The van der Waals surface area contributed by atoms with Gasteiger partial charge in [0.25, 0.3) is 5.91 Å².